The molecule has 2 rings (SSSR count). The van der Waals surface area contributed by atoms with E-state index < -0.39 is 0 Å². The number of rotatable bonds is 4. The fourth-order valence-corrected chi connectivity index (χ4v) is 2.39. The molecule has 0 saturated carbocycles. The van der Waals surface area contributed by atoms with Gasteiger partial charge in [-0.1, -0.05) is 46.2 Å². The highest BCUT2D eigenvalue weighted by atomic mass is 35.5. The number of hydrogen-bond acceptors (Lipinski definition) is 2. The second-order valence-electron chi connectivity index (χ2n) is 6.15. The molecule has 0 spiro atoms. The Hall–Kier alpha value is -1.35. The van der Waals surface area contributed by atoms with Crippen LogP contribution in [0.1, 0.15) is 51.9 Å². The summed E-state index contributed by atoms with van der Waals surface area (Å²) in [6, 6.07) is 8.51. The van der Waals surface area contributed by atoms with Gasteiger partial charge >= 0.3 is 0 Å². The molecule has 0 aliphatic carbocycles. The molecule has 2 aromatic rings. The Morgan fingerprint density at radius 1 is 1.10 bits per heavy atom. The quantitative estimate of drug-likeness (QED) is 0.826. The van der Waals surface area contributed by atoms with E-state index in [4.69, 9.17) is 11.6 Å². The molecule has 0 N–H and O–H groups in total. The molecular weight excluding hydrogens is 270 g/mol. The van der Waals surface area contributed by atoms with Crippen molar-refractivity contribution in [1.29, 1.82) is 0 Å². The van der Waals surface area contributed by atoms with Crippen molar-refractivity contribution in [2.45, 2.75) is 52.4 Å². The van der Waals surface area contributed by atoms with Gasteiger partial charge in [-0.15, -0.1) is 10.2 Å². The van der Waals surface area contributed by atoms with Crippen molar-refractivity contribution in [1.82, 2.24) is 14.8 Å². The van der Waals surface area contributed by atoms with Crippen molar-refractivity contribution in [3.8, 4) is 5.69 Å². The molecule has 0 bridgehead atoms. The van der Waals surface area contributed by atoms with E-state index in [1.807, 2.05) is 4.57 Å². The molecule has 0 atom stereocenters. The monoisotopic (exact) mass is 291 g/mol. The van der Waals surface area contributed by atoms with Crippen LogP contribution in [0, 0.1) is 0 Å². The van der Waals surface area contributed by atoms with Crippen molar-refractivity contribution in [3.05, 3.63) is 40.9 Å². The Labute approximate surface area is 126 Å². The average molecular weight is 292 g/mol. The summed E-state index contributed by atoms with van der Waals surface area (Å²) in [5.74, 6) is 0.879. The van der Waals surface area contributed by atoms with Gasteiger partial charge in [-0.3, -0.25) is 4.57 Å². The third-order valence-electron chi connectivity index (χ3n) is 3.31. The number of aryl methyl sites for hydroxylation is 1. The minimum Gasteiger partial charge on any atom is -0.269 e. The zero-order valence-electron chi connectivity index (χ0n) is 12.7. The minimum atomic E-state index is -0.0962. The Bertz CT molecular complexity index is 564. The van der Waals surface area contributed by atoms with Crippen molar-refractivity contribution in [2.24, 2.45) is 0 Å². The van der Waals surface area contributed by atoms with Crippen LogP contribution in [0.5, 0.6) is 0 Å². The summed E-state index contributed by atoms with van der Waals surface area (Å²) in [6.45, 7) is 8.54. The molecule has 1 aromatic carbocycles. The van der Waals surface area contributed by atoms with E-state index in [2.05, 4.69) is 62.2 Å². The van der Waals surface area contributed by atoms with E-state index in [-0.39, 0.29) is 5.41 Å². The molecule has 0 aliphatic rings. The summed E-state index contributed by atoms with van der Waals surface area (Å²) < 4.78 is 1.92. The van der Waals surface area contributed by atoms with E-state index in [9.17, 15) is 0 Å². The first-order chi connectivity index (χ1) is 9.43. The number of benzene rings is 1. The Kier molecular flexibility index (Phi) is 4.48. The fraction of sp³-hybridized carbons (Fsp3) is 0.500. The van der Waals surface area contributed by atoms with Gasteiger partial charge in [0.2, 0.25) is 5.28 Å². The lowest BCUT2D eigenvalue weighted by molar-refractivity contribution is 0.533. The zero-order chi connectivity index (χ0) is 14.8. The predicted octanol–water partition coefficient (Wildman–Crippen LogP) is 4.56. The minimum absolute atomic E-state index is 0.0962. The van der Waals surface area contributed by atoms with Gasteiger partial charge in [0.25, 0.3) is 0 Å². The lowest BCUT2D eigenvalue weighted by Crippen LogP contribution is -2.18. The third-order valence-corrected chi connectivity index (χ3v) is 3.55. The highest BCUT2D eigenvalue weighted by molar-refractivity contribution is 6.28. The molecule has 0 aliphatic heterocycles. The van der Waals surface area contributed by atoms with Crippen LogP contribution in [-0.4, -0.2) is 14.8 Å². The summed E-state index contributed by atoms with van der Waals surface area (Å²) in [7, 11) is 0. The van der Waals surface area contributed by atoms with Crippen molar-refractivity contribution in [3.63, 3.8) is 0 Å². The SMILES string of the molecule is CCCCc1ccc(-n2c(Cl)nnc2C(C)(C)C)cc1. The van der Waals surface area contributed by atoms with Crippen LogP contribution in [0.3, 0.4) is 0 Å². The maximum Gasteiger partial charge on any atom is 0.229 e. The van der Waals surface area contributed by atoms with E-state index in [1.54, 1.807) is 0 Å². The Morgan fingerprint density at radius 3 is 2.30 bits per heavy atom. The molecular formula is C16H22ClN3. The largest absolute Gasteiger partial charge is 0.269 e. The molecule has 3 nitrogen and oxygen atoms in total. The summed E-state index contributed by atoms with van der Waals surface area (Å²) in [5, 5.41) is 8.64. The number of aromatic nitrogens is 3. The summed E-state index contributed by atoms with van der Waals surface area (Å²) >= 11 is 6.20. The zero-order valence-corrected chi connectivity index (χ0v) is 13.4. The molecule has 1 heterocycles. The molecule has 0 radical (unpaired) electrons. The first-order valence-corrected chi connectivity index (χ1v) is 7.52. The van der Waals surface area contributed by atoms with Gasteiger partial charge in [-0.05, 0) is 42.1 Å². The number of halogens is 1. The van der Waals surface area contributed by atoms with Crippen molar-refractivity contribution < 1.29 is 0 Å². The number of unbranched alkanes of at least 4 members (excludes halogenated alkanes) is 1. The van der Waals surface area contributed by atoms with Crippen LogP contribution in [0.4, 0.5) is 0 Å². The summed E-state index contributed by atoms with van der Waals surface area (Å²) in [6.07, 6.45) is 3.56. The van der Waals surface area contributed by atoms with Crippen LogP contribution < -0.4 is 0 Å². The predicted molar refractivity (Wildman–Crippen MR) is 83.7 cm³/mol. The fourth-order valence-electron chi connectivity index (χ4n) is 2.17. The lowest BCUT2D eigenvalue weighted by atomic mass is 9.95. The Morgan fingerprint density at radius 2 is 1.75 bits per heavy atom. The molecule has 0 unspecified atom stereocenters. The second-order valence-corrected chi connectivity index (χ2v) is 6.49. The maximum atomic E-state index is 6.20. The number of hydrogen-bond donors (Lipinski definition) is 0. The van der Waals surface area contributed by atoms with Gasteiger partial charge in [0, 0.05) is 11.1 Å². The van der Waals surface area contributed by atoms with Crippen LogP contribution in [0.25, 0.3) is 5.69 Å². The van der Waals surface area contributed by atoms with Crippen molar-refractivity contribution in [2.75, 3.05) is 0 Å². The smallest absolute Gasteiger partial charge is 0.229 e. The standard InChI is InChI=1S/C16H22ClN3/c1-5-6-7-12-8-10-13(11-9-12)20-14(16(2,3)4)18-19-15(20)17/h8-11H,5-7H2,1-4H3. The van der Waals surface area contributed by atoms with E-state index >= 15 is 0 Å². The molecule has 0 saturated heterocycles. The average Bonchev–Trinajstić information content (AvgIpc) is 2.79. The topological polar surface area (TPSA) is 30.7 Å². The van der Waals surface area contributed by atoms with E-state index in [0.29, 0.717) is 5.28 Å². The van der Waals surface area contributed by atoms with Gasteiger partial charge in [-0.2, -0.15) is 0 Å². The van der Waals surface area contributed by atoms with Gasteiger partial charge in [0.05, 0.1) is 0 Å². The second kappa shape index (κ2) is 5.96. The highest BCUT2D eigenvalue weighted by Crippen LogP contribution is 2.26. The first-order valence-electron chi connectivity index (χ1n) is 7.14. The summed E-state index contributed by atoms with van der Waals surface area (Å²) in [5.41, 5.74) is 2.28. The molecule has 20 heavy (non-hydrogen) atoms. The van der Waals surface area contributed by atoms with Gasteiger partial charge in [0.15, 0.2) is 0 Å². The van der Waals surface area contributed by atoms with Gasteiger partial charge in [0.1, 0.15) is 5.82 Å². The molecule has 0 amide bonds. The maximum absolute atomic E-state index is 6.20. The summed E-state index contributed by atoms with van der Waals surface area (Å²) in [4.78, 5) is 0. The van der Waals surface area contributed by atoms with Crippen molar-refractivity contribution >= 4 is 11.6 Å². The van der Waals surface area contributed by atoms with E-state index in [0.717, 1.165) is 17.9 Å². The normalized spacial score (nSPS) is 11.8. The highest BCUT2D eigenvalue weighted by Gasteiger charge is 2.24. The number of nitrogens with zero attached hydrogens (tertiary/aromatic N) is 3. The van der Waals surface area contributed by atoms with Gasteiger partial charge in [-0.25, -0.2) is 0 Å². The molecule has 1 aromatic heterocycles. The van der Waals surface area contributed by atoms with Crippen LogP contribution in [0.2, 0.25) is 5.28 Å². The lowest BCUT2D eigenvalue weighted by Gasteiger charge is -2.19. The third kappa shape index (κ3) is 3.21. The van der Waals surface area contributed by atoms with Gasteiger partial charge < -0.3 is 0 Å². The first kappa shape index (κ1) is 15.0. The molecule has 108 valence electrons. The van der Waals surface area contributed by atoms with Crippen LogP contribution in [-0.2, 0) is 11.8 Å². The van der Waals surface area contributed by atoms with Crippen LogP contribution in [0.15, 0.2) is 24.3 Å². The van der Waals surface area contributed by atoms with Crippen LogP contribution >= 0.6 is 11.6 Å². The Balaban J connectivity index is 2.35. The van der Waals surface area contributed by atoms with E-state index in [1.165, 1.54) is 18.4 Å². The molecule has 0 fully saturated rings. The molecule has 4 heteroatoms.